The summed E-state index contributed by atoms with van der Waals surface area (Å²) in [5.74, 6) is 1.22. The molecule has 96 valence electrons. The first kappa shape index (κ1) is 11.7. The molecule has 2 atom stereocenters. The van der Waals surface area contributed by atoms with Gasteiger partial charge in [-0.2, -0.15) is 0 Å². The van der Waals surface area contributed by atoms with Crippen molar-refractivity contribution in [2.45, 2.75) is 31.2 Å². The van der Waals surface area contributed by atoms with E-state index >= 15 is 0 Å². The van der Waals surface area contributed by atoms with Gasteiger partial charge in [0.15, 0.2) is 5.78 Å². The van der Waals surface area contributed by atoms with Crippen LogP contribution in [0.25, 0.3) is 0 Å². The van der Waals surface area contributed by atoms with Crippen molar-refractivity contribution in [3.8, 4) is 5.75 Å². The highest BCUT2D eigenvalue weighted by molar-refractivity contribution is 5.97. The highest BCUT2D eigenvalue weighted by Crippen LogP contribution is 2.42. The highest BCUT2D eigenvalue weighted by Gasteiger charge is 2.49. The van der Waals surface area contributed by atoms with Crippen LogP contribution in [0.2, 0.25) is 0 Å². The molecule has 0 unspecified atom stereocenters. The lowest BCUT2D eigenvalue weighted by molar-refractivity contribution is -0.133. The second kappa shape index (κ2) is 3.82. The van der Waals surface area contributed by atoms with Crippen LogP contribution in [0, 0.1) is 0 Å². The number of hydrogen-bond acceptors (Lipinski definition) is 3. The molecule has 0 aromatic heterocycles. The third-order valence-corrected chi connectivity index (χ3v) is 4.67. The van der Waals surface area contributed by atoms with E-state index < -0.39 is 0 Å². The molecule has 18 heavy (non-hydrogen) atoms. The number of carbonyl (C=O) groups is 1. The van der Waals surface area contributed by atoms with Gasteiger partial charge in [0.2, 0.25) is 0 Å². The van der Waals surface area contributed by atoms with Gasteiger partial charge in [0.1, 0.15) is 5.75 Å². The van der Waals surface area contributed by atoms with Crippen LogP contribution in [0.1, 0.15) is 24.5 Å². The summed E-state index contributed by atoms with van der Waals surface area (Å²) in [6, 6.07) is 6.22. The molecule has 3 heteroatoms. The summed E-state index contributed by atoms with van der Waals surface area (Å²) in [4.78, 5) is 14.8. The monoisotopic (exact) mass is 245 g/mol. The van der Waals surface area contributed by atoms with Gasteiger partial charge in [-0.25, -0.2) is 0 Å². The number of rotatable bonds is 1. The molecule has 3 nitrogen and oxygen atoms in total. The van der Waals surface area contributed by atoms with Crippen LogP contribution < -0.4 is 4.74 Å². The maximum absolute atomic E-state index is 12.6. The molecule has 0 N–H and O–H groups in total. The maximum atomic E-state index is 12.6. The number of hydrogen-bond donors (Lipinski definition) is 0. The van der Waals surface area contributed by atoms with E-state index in [1.54, 1.807) is 7.11 Å². The Bertz CT molecular complexity index is 511. The molecule has 0 saturated carbocycles. The first-order chi connectivity index (χ1) is 8.56. The molecular weight excluding hydrogens is 226 g/mol. The first-order valence-electron chi connectivity index (χ1n) is 6.48. The molecule has 1 aliphatic carbocycles. The minimum atomic E-state index is -0.320. The van der Waals surface area contributed by atoms with Crippen molar-refractivity contribution in [2.75, 3.05) is 20.7 Å². The number of ether oxygens (including phenoxy) is 1. The molecule has 1 heterocycles. The Balaban J connectivity index is 2.16. The molecule has 1 aliphatic heterocycles. The number of benzene rings is 1. The first-order valence-corrected chi connectivity index (χ1v) is 6.48. The molecule has 3 rings (SSSR count). The van der Waals surface area contributed by atoms with E-state index in [0.717, 1.165) is 25.1 Å². The Morgan fingerprint density at radius 3 is 2.94 bits per heavy atom. The largest absolute Gasteiger partial charge is 0.497 e. The van der Waals surface area contributed by atoms with Crippen LogP contribution in [-0.4, -0.2) is 37.4 Å². The van der Waals surface area contributed by atoms with Crippen molar-refractivity contribution < 1.29 is 9.53 Å². The van der Waals surface area contributed by atoms with Crippen molar-refractivity contribution >= 4 is 5.78 Å². The number of ketones is 1. The number of methoxy groups -OCH3 is 1. The molecular formula is C15H19NO2. The fourth-order valence-electron chi connectivity index (χ4n) is 3.35. The van der Waals surface area contributed by atoms with Gasteiger partial charge in [-0.15, -0.1) is 0 Å². The molecule has 0 spiro atoms. The van der Waals surface area contributed by atoms with Gasteiger partial charge >= 0.3 is 0 Å². The van der Waals surface area contributed by atoms with Crippen LogP contribution in [0.15, 0.2) is 18.2 Å². The number of fused-ring (bicyclic) bond motifs is 4. The summed E-state index contributed by atoms with van der Waals surface area (Å²) in [6.07, 6.45) is 1.74. The Kier molecular flexibility index (Phi) is 2.49. The van der Waals surface area contributed by atoms with E-state index in [1.807, 2.05) is 6.07 Å². The van der Waals surface area contributed by atoms with Crippen molar-refractivity contribution in [3.05, 3.63) is 29.3 Å². The smallest absolute Gasteiger partial charge is 0.160 e. The van der Waals surface area contributed by atoms with Gasteiger partial charge in [0.05, 0.1) is 18.6 Å². The second-order valence-corrected chi connectivity index (χ2v) is 5.67. The zero-order valence-corrected chi connectivity index (χ0v) is 11.2. The molecule has 2 bridgehead atoms. The Morgan fingerprint density at radius 2 is 2.22 bits per heavy atom. The molecule has 0 radical (unpaired) electrons. The topological polar surface area (TPSA) is 29.5 Å². The van der Waals surface area contributed by atoms with Crippen LogP contribution in [-0.2, 0) is 16.6 Å². The fourth-order valence-corrected chi connectivity index (χ4v) is 3.35. The Hall–Kier alpha value is -1.35. The van der Waals surface area contributed by atoms with Gasteiger partial charge in [-0.1, -0.05) is 6.07 Å². The average molecular weight is 245 g/mol. The summed E-state index contributed by atoms with van der Waals surface area (Å²) >= 11 is 0. The minimum absolute atomic E-state index is 0.0599. The number of likely N-dealkylation sites (N-methyl/N-ethyl adjacent to an activating group) is 1. The van der Waals surface area contributed by atoms with Crippen LogP contribution in [0.4, 0.5) is 0 Å². The molecule has 1 aromatic rings. The highest BCUT2D eigenvalue weighted by atomic mass is 16.5. The summed E-state index contributed by atoms with van der Waals surface area (Å²) in [6.45, 7) is 3.08. The number of Topliss-reactive ketones (excluding diaryl/α,β-unsaturated/α-hetero) is 1. The summed E-state index contributed by atoms with van der Waals surface area (Å²) in [7, 11) is 3.73. The van der Waals surface area contributed by atoms with Gasteiger partial charge in [0, 0.05) is 0 Å². The quantitative estimate of drug-likeness (QED) is 0.755. The van der Waals surface area contributed by atoms with Crippen LogP contribution in [0.5, 0.6) is 5.75 Å². The molecule has 1 aromatic carbocycles. The fraction of sp³-hybridized carbons (Fsp3) is 0.533. The number of piperidine rings is 1. The third kappa shape index (κ3) is 1.43. The van der Waals surface area contributed by atoms with Crippen molar-refractivity contribution in [2.24, 2.45) is 0 Å². The number of nitrogens with zero attached hydrogens (tertiary/aromatic N) is 1. The number of carbonyl (C=O) groups excluding carboxylic acids is 1. The van der Waals surface area contributed by atoms with E-state index in [2.05, 4.69) is 31.0 Å². The van der Waals surface area contributed by atoms with Crippen molar-refractivity contribution in [3.63, 3.8) is 0 Å². The Morgan fingerprint density at radius 1 is 1.44 bits per heavy atom. The third-order valence-electron chi connectivity index (χ3n) is 4.67. The molecule has 2 aliphatic rings. The summed E-state index contributed by atoms with van der Waals surface area (Å²) in [5.41, 5.74) is 2.16. The molecule has 1 saturated heterocycles. The summed E-state index contributed by atoms with van der Waals surface area (Å²) in [5, 5.41) is 0. The van der Waals surface area contributed by atoms with E-state index in [0.29, 0.717) is 5.78 Å². The minimum Gasteiger partial charge on any atom is -0.497 e. The van der Waals surface area contributed by atoms with E-state index in [-0.39, 0.29) is 11.5 Å². The molecule has 1 fully saturated rings. The Labute approximate surface area is 108 Å². The van der Waals surface area contributed by atoms with Gasteiger partial charge in [-0.05, 0) is 56.6 Å². The van der Waals surface area contributed by atoms with Gasteiger partial charge < -0.3 is 4.74 Å². The standard InChI is InChI=1S/C15H19NO2/c1-15-6-7-16(2)13(14(15)17)8-10-4-5-11(18-3)9-12(10)15/h4-5,9,13H,6-8H2,1-3H3/t13-,15+/m1/s1. The van der Waals surface area contributed by atoms with Crippen molar-refractivity contribution in [1.29, 1.82) is 0 Å². The molecule has 0 amide bonds. The summed E-state index contributed by atoms with van der Waals surface area (Å²) < 4.78 is 5.30. The SMILES string of the molecule is COc1ccc2c(c1)[C@]1(C)CCN(C)[C@H](C2)C1=O. The second-order valence-electron chi connectivity index (χ2n) is 5.67. The van der Waals surface area contributed by atoms with Crippen LogP contribution in [0.3, 0.4) is 0 Å². The average Bonchev–Trinajstić information content (AvgIpc) is 2.38. The zero-order valence-electron chi connectivity index (χ0n) is 11.2. The lowest BCUT2D eigenvalue weighted by Crippen LogP contribution is -2.58. The normalized spacial score (nSPS) is 31.1. The predicted octanol–water partition coefficient (Wildman–Crippen LogP) is 1.78. The predicted molar refractivity (Wildman–Crippen MR) is 70.1 cm³/mol. The lowest BCUT2D eigenvalue weighted by Gasteiger charge is -2.47. The van der Waals surface area contributed by atoms with Gasteiger partial charge in [-0.3, -0.25) is 9.69 Å². The number of likely N-dealkylation sites (tertiary alicyclic amines) is 1. The van der Waals surface area contributed by atoms with E-state index in [9.17, 15) is 4.79 Å². The van der Waals surface area contributed by atoms with E-state index in [1.165, 1.54) is 11.1 Å². The zero-order chi connectivity index (χ0) is 12.9. The maximum Gasteiger partial charge on any atom is 0.160 e. The van der Waals surface area contributed by atoms with E-state index in [4.69, 9.17) is 4.74 Å². The van der Waals surface area contributed by atoms with Crippen molar-refractivity contribution in [1.82, 2.24) is 4.90 Å². The van der Waals surface area contributed by atoms with Crippen LogP contribution >= 0.6 is 0 Å². The van der Waals surface area contributed by atoms with Gasteiger partial charge in [0.25, 0.3) is 0 Å². The lowest BCUT2D eigenvalue weighted by atomic mass is 9.64.